The number of hydrogen-bond acceptors (Lipinski definition) is 6. The Kier molecular flexibility index (Phi) is 6.25. The van der Waals surface area contributed by atoms with Crippen LogP contribution >= 0.6 is 11.6 Å². The normalized spacial score (nSPS) is 11.7. The second-order valence-electron chi connectivity index (χ2n) is 6.55. The van der Waals surface area contributed by atoms with Crippen molar-refractivity contribution < 1.29 is 26.7 Å². The molecule has 3 aromatic rings. The van der Waals surface area contributed by atoms with Gasteiger partial charge in [-0.05, 0) is 54.6 Å². The van der Waals surface area contributed by atoms with Gasteiger partial charge in [0.2, 0.25) is 0 Å². The molecule has 0 heterocycles. The fourth-order valence-electron chi connectivity index (χ4n) is 2.61. The largest absolute Gasteiger partial charge is 0.506 e. The van der Waals surface area contributed by atoms with Crippen LogP contribution in [0.1, 0.15) is 10.4 Å². The van der Waals surface area contributed by atoms with E-state index in [-0.39, 0.29) is 32.5 Å². The van der Waals surface area contributed by atoms with E-state index < -0.39 is 25.8 Å². The quantitative estimate of drug-likeness (QED) is 0.463. The van der Waals surface area contributed by atoms with E-state index in [2.05, 4.69) is 10.0 Å². The summed E-state index contributed by atoms with van der Waals surface area (Å²) in [6.07, 6.45) is 1.01. The Morgan fingerprint density at radius 1 is 0.903 bits per heavy atom. The zero-order chi connectivity index (χ0) is 22.8. The lowest BCUT2D eigenvalue weighted by Crippen LogP contribution is -2.15. The molecule has 162 valence electrons. The Balaban J connectivity index is 1.88. The van der Waals surface area contributed by atoms with E-state index >= 15 is 0 Å². The van der Waals surface area contributed by atoms with Crippen molar-refractivity contribution in [3.8, 4) is 5.75 Å². The van der Waals surface area contributed by atoms with Crippen LogP contribution in [-0.4, -0.2) is 34.1 Å². The van der Waals surface area contributed by atoms with Crippen LogP contribution in [0.25, 0.3) is 0 Å². The predicted octanol–water partition coefficient (Wildman–Crippen LogP) is 3.50. The summed E-state index contributed by atoms with van der Waals surface area (Å²) in [5.41, 5.74) is 0.0973. The molecule has 0 bridgehead atoms. The van der Waals surface area contributed by atoms with Gasteiger partial charge in [-0.2, -0.15) is 0 Å². The number of benzene rings is 3. The third kappa shape index (κ3) is 5.54. The van der Waals surface area contributed by atoms with Crippen LogP contribution in [0.4, 0.5) is 11.4 Å². The van der Waals surface area contributed by atoms with Gasteiger partial charge >= 0.3 is 0 Å². The molecule has 8 nitrogen and oxygen atoms in total. The predicted molar refractivity (Wildman–Crippen MR) is 118 cm³/mol. The van der Waals surface area contributed by atoms with Crippen molar-refractivity contribution in [2.45, 2.75) is 9.79 Å². The summed E-state index contributed by atoms with van der Waals surface area (Å²) in [7, 11) is -7.57. The van der Waals surface area contributed by atoms with Crippen molar-refractivity contribution in [2.24, 2.45) is 0 Å². The van der Waals surface area contributed by atoms with Crippen LogP contribution in [0.15, 0.2) is 76.5 Å². The molecule has 0 saturated heterocycles. The molecule has 0 aliphatic heterocycles. The highest BCUT2D eigenvalue weighted by Crippen LogP contribution is 2.28. The fourth-order valence-corrected chi connectivity index (χ4v) is 4.54. The topological polar surface area (TPSA) is 130 Å². The monoisotopic (exact) mass is 480 g/mol. The molecule has 3 rings (SSSR count). The highest BCUT2D eigenvalue weighted by Gasteiger charge is 2.18. The van der Waals surface area contributed by atoms with Crippen molar-refractivity contribution in [1.82, 2.24) is 0 Å². The zero-order valence-corrected chi connectivity index (χ0v) is 18.4. The molecule has 0 aliphatic rings. The summed E-state index contributed by atoms with van der Waals surface area (Å²) in [6.45, 7) is 0. The maximum absolute atomic E-state index is 12.7. The second-order valence-corrected chi connectivity index (χ2v) is 10.7. The van der Waals surface area contributed by atoms with E-state index in [1.54, 1.807) is 12.1 Å². The van der Waals surface area contributed by atoms with Crippen LogP contribution < -0.4 is 10.0 Å². The lowest BCUT2D eigenvalue weighted by Gasteiger charge is -2.12. The minimum Gasteiger partial charge on any atom is -0.506 e. The molecule has 3 aromatic carbocycles. The van der Waals surface area contributed by atoms with Gasteiger partial charge in [-0.25, -0.2) is 16.8 Å². The maximum Gasteiger partial charge on any atom is 0.261 e. The van der Waals surface area contributed by atoms with Crippen LogP contribution in [-0.2, 0) is 19.9 Å². The van der Waals surface area contributed by atoms with Crippen LogP contribution in [0.3, 0.4) is 0 Å². The number of phenolic OH excluding ortho intramolecular Hbond substituents is 1. The molecule has 0 unspecified atom stereocenters. The van der Waals surface area contributed by atoms with Crippen molar-refractivity contribution in [3.05, 3.63) is 77.3 Å². The number of halogens is 1. The Labute approximate surface area is 184 Å². The molecule has 3 N–H and O–H groups in total. The minimum atomic E-state index is -4.05. The van der Waals surface area contributed by atoms with Gasteiger partial charge in [-0.3, -0.25) is 9.52 Å². The number of sulfone groups is 1. The second kappa shape index (κ2) is 8.58. The third-order valence-corrected chi connectivity index (χ3v) is 6.85. The average molecular weight is 481 g/mol. The Hall–Kier alpha value is -3.08. The lowest BCUT2D eigenvalue weighted by molar-refractivity contribution is 0.102. The minimum absolute atomic E-state index is 0.0210. The van der Waals surface area contributed by atoms with Gasteiger partial charge < -0.3 is 10.4 Å². The fraction of sp³-hybridized carbons (Fsp3) is 0.0500. The highest BCUT2D eigenvalue weighted by atomic mass is 35.5. The summed E-state index contributed by atoms with van der Waals surface area (Å²) in [5.74, 6) is -1.09. The van der Waals surface area contributed by atoms with Crippen LogP contribution in [0, 0.1) is 0 Å². The molecular weight excluding hydrogens is 464 g/mol. The first kappa shape index (κ1) is 22.6. The first-order valence-corrected chi connectivity index (χ1v) is 12.4. The number of anilines is 2. The smallest absolute Gasteiger partial charge is 0.261 e. The number of hydrogen-bond donors (Lipinski definition) is 3. The van der Waals surface area contributed by atoms with Gasteiger partial charge in [0.15, 0.2) is 9.84 Å². The van der Waals surface area contributed by atoms with Crippen molar-refractivity contribution in [2.75, 3.05) is 16.3 Å². The number of aromatic hydroxyl groups is 1. The van der Waals surface area contributed by atoms with E-state index in [4.69, 9.17) is 11.6 Å². The summed E-state index contributed by atoms with van der Waals surface area (Å²) in [4.78, 5) is 12.3. The highest BCUT2D eigenvalue weighted by molar-refractivity contribution is 7.92. The van der Waals surface area contributed by atoms with Gasteiger partial charge in [0.25, 0.3) is 15.9 Å². The summed E-state index contributed by atoms with van der Waals surface area (Å²) >= 11 is 5.87. The van der Waals surface area contributed by atoms with Gasteiger partial charge in [-0.1, -0.05) is 23.7 Å². The summed E-state index contributed by atoms with van der Waals surface area (Å²) < 4.78 is 51.1. The first-order chi connectivity index (χ1) is 14.5. The summed E-state index contributed by atoms with van der Waals surface area (Å²) in [6, 6.07) is 14.8. The van der Waals surface area contributed by atoms with Gasteiger partial charge in [-0.15, -0.1) is 0 Å². The molecule has 1 amide bonds. The molecule has 0 aliphatic carbocycles. The Morgan fingerprint density at radius 2 is 1.61 bits per heavy atom. The number of sulfonamides is 1. The van der Waals surface area contributed by atoms with Crippen LogP contribution in [0.5, 0.6) is 5.75 Å². The average Bonchev–Trinajstić information content (AvgIpc) is 2.68. The number of rotatable bonds is 6. The Morgan fingerprint density at radius 3 is 2.29 bits per heavy atom. The Bertz CT molecular complexity index is 1370. The van der Waals surface area contributed by atoms with E-state index in [9.17, 15) is 26.7 Å². The number of amides is 1. The number of nitrogens with one attached hydrogen (secondary N) is 2. The molecule has 11 heteroatoms. The van der Waals surface area contributed by atoms with Gasteiger partial charge in [0.1, 0.15) is 5.75 Å². The van der Waals surface area contributed by atoms with E-state index in [0.29, 0.717) is 5.02 Å². The van der Waals surface area contributed by atoms with E-state index in [1.807, 2.05) is 0 Å². The molecular formula is C20H17ClN2O6S2. The third-order valence-electron chi connectivity index (χ3n) is 4.13. The zero-order valence-electron chi connectivity index (χ0n) is 16.0. The van der Waals surface area contributed by atoms with Crippen molar-refractivity contribution >= 4 is 48.7 Å². The van der Waals surface area contributed by atoms with Gasteiger partial charge in [0, 0.05) is 16.8 Å². The lowest BCUT2D eigenvalue weighted by atomic mass is 10.2. The molecule has 0 radical (unpaired) electrons. The maximum atomic E-state index is 12.7. The standard InChI is InChI=1S/C20H17ClN2O6S2/c1-30(26,27)16-7-2-4-13(10-16)20(25)22-18-12-17(8-9-19(18)24)31(28,29)23-15-6-3-5-14(21)11-15/h2-12,23-24H,1H3,(H,22,25). The molecule has 0 aromatic heterocycles. The molecule has 0 spiro atoms. The van der Waals surface area contributed by atoms with E-state index in [1.165, 1.54) is 42.5 Å². The SMILES string of the molecule is CS(=O)(=O)c1cccc(C(=O)Nc2cc(S(=O)(=O)Nc3cccc(Cl)c3)ccc2O)c1. The molecule has 0 atom stereocenters. The summed E-state index contributed by atoms with van der Waals surface area (Å²) in [5, 5.41) is 12.8. The number of carbonyl (C=O) groups excluding carboxylic acids is 1. The molecule has 31 heavy (non-hydrogen) atoms. The van der Waals surface area contributed by atoms with Crippen molar-refractivity contribution in [1.29, 1.82) is 0 Å². The number of phenols is 1. The van der Waals surface area contributed by atoms with Crippen LogP contribution in [0.2, 0.25) is 5.02 Å². The molecule has 0 saturated carbocycles. The number of carbonyl (C=O) groups is 1. The van der Waals surface area contributed by atoms with E-state index in [0.717, 1.165) is 18.4 Å². The first-order valence-electron chi connectivity index (χ1n) is 8.68. The van der Waals surface area contributed by atoms with Gasteiger partial charge in [0.05, 0.1) is 21.2 Å². The van der Waals surface area contributed by atoms with Crippen molar-refractivity contribution in [3.63, 3.8) is 0 Å². The molecule has 0 fully saturated rings.